The van der Waals surface area contributed by atoms with Crippen molar-refractivity contribution >= 4 is 23.5 Å². The van der Waals surface area contributed by atoms with Crippen molar-refractivity contribution in [1.82, 2.24) is 0 Å². The number of ether oxygens (including phenoxy) is 3. The van der Waals surface area contributed by atoms with Gasteiger partial charge in [0.1, 0.15) is 5.75 Å². The Labute approximate surface area is 163 Å². The number of benzene rings is 2. The van der Waals surface area contributed by atoms with E-state index < -0.39 is 23.9 Å². The summed E-state index contributed by atoms with van der Waals surface area (Å²) in [6.07, 6.45) is -0.376. The van der Waals surface area contributed by atoms with Crippen LogP contribution in [0.15, 0.2) is 42.5 Å². The van der Waals surface area contributed by atoms with Gasteiger partial charge in [-0.2, -0.15) is 0 Å². The summed E-state index contributed by atoms with van der Waals surface area (Å²) in [7, 11) is 2.48. The van der Waals surface area contributed by atoms with Crippen LogP contribution in [0.3, 0.4) is 0 Å². The lowest BCUT2D eigenvalue weighted by Gasteiger charge is -2.19. The minimum absolute atomic E-state index is 0.119. The Morgan fingerprint density at radius 2 is 1.71 bits per heavy atom. The van der Waals surface area contributed by atoms with Crippen LogP contribution in [0, 0.1) is 6.92 Å². The number of amides is 1. The molecule has 148 valence electrons. The number of nitrogens with one attached hydrogen (secondary N) is 1. The van der Waals surface area contributed by atoms with E-state index in [1.54, 1.807) is 6.07 Å². The first-order valence-electron chi connectivity index (χ1n) is 8.74. The van der Waals surface area contributed by atoms with Crippen LogP contribution in [0.4, 0.5) is 5.69 Å². The molecule has 2 aromatic carbocycles. The lowest BCUT2D eigenvalue weighted by molar-refractivity contribution is -0.122. The van der Waals surface area contributed by atoms with Gasteiger partial charge in [0, 0.05) is 0 Å². The van der Waals surface area contributed by atoms with Crippen LogP contribution >= 0.6 is 0 Å². The highest BCUT2D eigenvalue weighted by atomic mass is 16.5. The van der Waals surface area contributed by atoms with Crippen LogP contribution in [0.1, 0.15) is 39.6 Å². The lowest BCUT2D eigenvalue weighted by atomic mass is 10.1. The molecule has 1 atom stereocenters. The maximum atomic E-state index is 12.7. The van der Waals surface area contributed by atoms with Gasteiger partial charge in [0.2, 0.25) is 0 Å². The molecule has 2 rings (SSSR count). The highest BCUT2D eigenvalue weighted by Crippen LogP contribution is 2.21. The van der Waals surface area contributed by atoms with Crippen molar-refractivity contribution in [2.45, 2.75) is 26.4 Å². The van der Waals surface area contributed by atoms with Gasteiger partial charge in [0.25, 0.3) is 5.91 Å². The van der Waals surface area contributed by atoms with Gasteiger partial charge in [-0.25, -0.2) is 9.59 Å². The normalized spacial score (nSPS) is 11.3. The summed E-state index contributed by atoms with van der Waals surface area (Å²) in [5.74, 6) is -1.11. The van der Waals surface area contributed by atoms with E-state index in [0.29, 0.717) is 12.2 Å². The first-order valence-corrected chi connectivity index (χ1v) is 8.74. The molecule has 0 aliphatic heterocycles. The first-order chi connectivity index (χ1) is 13.4. The summed E-state index contributed by atoms with van der Waals surface area (Å²) in [4.78, 5) is 36.5. The minimum atomic E-state index is -0.783. The van der Waals surface area contributed by atoms with Gasteiger partial charge in [0.05, 0.1) is 31.0 Å². The highest BCUT2D eigenvalue weighted by Gasteiger charge is 2.22. The van der Waals surface area contributed by atoms with E-state index >= 15 is 0 Å². The Kier molecular flexibility index (Phi) is 7.14. The number of anilines is 1. The van der Waals surface area contributed by atoms with Gasteiger partial charge >= 0.3 is 11.9 Å². The third-order valence-corrected chi connectivity index (χ3v) is 4.03. The number of carbonyl (C=O) groups excluding carboxylic acids is 3. The van der Waals surface area contributed by atoms with Gasteiger partial charge in [-0.3, -0.25) is 4.79 Å². The highest BCUT2D eigenvalue weighted by molar-refractivity contribution is 6.04. The van der Waals surface area contributed by atoms with Crippen LogP contribution in [-0.2, 0) is 14.3 Å². The van der Waals surface area contributed by atoms with E-state index in [1.165, 1.54) is 32.4 Å². The lowest BCUT2D eigenvalue weighted by Crippen LogP contribution is -2.33. The molecule has 0 fully saturated rings. The van der Waals surface area contributed by atoms with Crippen LogP contribution in [0.2, 0.25) is 0 Å². The van der Waals surface area contributed by atoms with Crippen molar-refractivity contribution in [2.24, 2.45) is 0 Å². The van der Waals surface area contributed by atoms with Crippen LogP contribution in [0.5, 0.6) is 5.75 Å². The van der Waals surface area contributed by atoms with E-state index in [-0.39, 0.29) is 16.8 Å². The fraction of sp³-hybridized carbons (Fsp3) is 0.286. The van der Waals surface area contributed by atoms with E-state index in [9.17, 15) is 14.4 Å². The largest absolute Gasteiger partial charge is 0.481 e. The number of esters is 2. The van der Waals surface area contributed by atoms with E-state index in [1.807, 2.05) is 32.0 Å². The number of rotatable bonds is 7. The Balaban J connectivity index is 2.28. The van der Waals surface area contributed by atoms with Gasteiger partial charge in [0.15, 0.2) is 6.10 Å². The zero-order chi connectivity index (χ0) is 20.7. The SMILES string of the molecule is CCC(Oc1cccc(C)c1)C(=O)Nc1cc(C(=O)OC)ccc1C(=O)OC. The smallest absolute Gasteiger partial charge is 0.339 e. The van der Waals surface area contributed by atoms with Gasteiger partial charge < -0.3 is 19.5 Å². The molecule has 0 spiro atoms. The summed E-state index contributed by atoms with van der Waals surface area (Å²) in [6, 6.07) is 11.5. The van der Waals surface area contributed by atoms with Gasteiger partial charge in [-0.15, -0.1) is 0 Å². The number of hydrogen-bond donors (Lipinski definition) is 1. The molecule has 0 radical (unpaired) electrons. The molecule has 0 aliphatic carbocycles. The minimum Gasteiger partial charge on any atom is -0.481 e. The molecule has 2 aromatic rings. The predicted molar refractivity (Wildman–Crippen MR) is 104 cm³/mol. The van der Waals surface area contributed by atoms with Crippen molar-refractivity contribution < 1.29 is 28.6 Å². The number of carbonyl (C=O) groups is 3. The molecule has 1 amide bonds. The van der Waals surface area contributed by atoms with Crippen molar-refractivity contribution in [2.75, 3.05) is 19.5 Å². The molecule has 0 saturated carbocycles. The summed E-state index contributed by atoms with van der Waals surface area (Å²) >= 11 is 0. The number of hydrogen-bond acceptors (Lipinski definition) is 6. The van der Waals surface area contributed by atoms with Crippen LogP contribution < -0.4 is 10.1 Å². The third kappa shape index (κ3) is 5.09. The van der Waals surface area contributed by atoms with Gasteiger partial charge in [-0.1, -0.05) is 19.1 Å². The molecular weight excluding hydrogens is 362 g/mol. The van der Waals surface area contributed by atoms with Gasteiger partial charge in [-0.05, 0) is 49.2 Å². The zero-order valence-electron chi connectivity index (χ0n) is 16.3. The second kappa shape index (κ2) is 9.55. The summed E-state index contributed by atoms with van der Waals surface area (Å²) in [6.45, 7) is 3.74. The second-order valence-corrected chi connectivity index (χ2v) is 6.06. The molecule has 0 aliphatic rings. The number of aryl methyl sites for hydroxylation is 1. The fourth-order valence-electron chi connectivity index (χ4n) is 2.57. The maximum absolute atomic E-state index is 12.7. The Morgan fingerprint density at radius 1 is 1.00 bits per heavy atom. The molecule has 28 heavy (non-hydrogen) atoms. The fourth-order valence-corrected chi connectivity index (χ4v) is 2.57. The van der Waals surface area contributed by atoms with Crippen molar-refractivity contribution in [3.05, 3.63) is 59.2 Å². The van der Waals surface area contributed by atoms with Crippen molar-refractivity contribution in [1.29, 1.82) is 0 Å². The zero-order valence-corrected chi connectivity index (χ0v) is 16.3. The molecule has 1 N–H and O–H groups in total. The van der Waals surface area contributed by atoms with E-state index in [0.717, 1.165) is 5.56 Å². The quantitative estimate of drug-likeness (QED) is 0.735. The molecule has 0 bridgehead atoms. The van der Waals surface area contributed by atoms with Crippen LogP contribution in [0.25, 0.3) is 0 Å². The third-order valence-electron chi connectivity index (χ3n) is 4.03. The molecule has 0 heterocycles. The second-order valence-electron chi connectivity index (χ2n) is 6.06. The standard InChI is InChI=1S/C21H23NO6/c1-5-18(28-15-8-6-7-13(2)11-15)19(23)22-17-12-14(20(24)26-3)9-10-16(17)21(25)27-4/h6-12,18H,5H2,1-4H3,(H,22,23). The summed E-state index contributed by atoms with van der Waals surface area (Å²) in [5.41, 5.74) is 1.46. The van der Waals surface area contributed by atoms with Crippen molar-refractivity contribution in [3.8, 4) is 5.75 Å². The molecule has 0 saturated heterocycles. The number of methoxy groups -OCH3 is 2. The molecule has 0 aromatic heterocycles. The van der Waals surface area contributed by atoms with E-state index in [4.69, 9.17) is 9.47 Å². The average molecular weight is 385 g/mol. The molecular formula is C21H23NO6. The average Bonchev–Trinajstić information content (AvgIpc) is 2.70. The Morgan fingerprint density at radius 3 is 2.32 bits per heavy atom. The molecule has 1 unspecified atom stereocenters. The Bertz CT molecular complexity index is 877. The molecule has 7 nitrogen and oxygen atoms in total. The Hall–Kier alpha value is -3.35. The molecule has 7 heteroatoms. The first kappa shape index (κ1) is 21.0. The predicted octanol–water partition coefficient (Wildman–Crippen LogP) is 3.36. The van der Waals surface area contributed by atoms with Crippen molar-refractivity contribution in [3.63, 3.8) is 0 Å². The van der Waals surface area contributed by atoms with E-state index in [2.05, 4.69) is 10.1 Å². The van der Waals surface area contributed by atoms with Crippen LogP contribution in [-0.4, -0.2) is 38.2 Å². The summed E-state index contributed by atoms with van der Waals surface area (Å²) in [5, 5.41) is 2.66. The maximum Gasteiger partial charge on any atom is 0.339 e. The topological polar surface area (TPSA) is 90.9 Å². The summed E-state index contributed by atoms with van der Waals surface area (Å²) < 4.78 is 15.2. The monoisotopic (exact) mass is 385 g/mol.